The molecule has 0 aromatic heterocycles. The Hall–Kier alpha value is -1.60. The van der Waals surface area contributed by atoms with E-state index in [2.05, 4.69) is 42.5 Å². The lowest BCUT2D eigenvalue weighted by Gasteiger charge is -2.31. The summed E-state index contributed by atoms with van der Waals surface area (Å²) in [4.78, 5) is 0. The molecule has 0 radical (unpaired) electrons. The summed E-state index contributed by atoms with van der Waals surface area (Å²) < 4.78 is 0. The van der Waals surface area contributed by atoms with Crippen molar-refractivity contribution >= 4 is 0 Å². The Balaban J connectivity index is 1.71. The molecule has 1 heteroatoms. The van der Waals surface area contributed by atoms with Crippen LogP contribution in [0.15, 0.2) is 42.5 Å². The van der Waals surface area contributed by atoms with E-state index in [0.717, 1.165) is 6.42 Å². The third kappa shape index (κ3) is 1.73. The summed E-state index contributed by atoms with van der Waals surface area (Å²) in [7, 11) is 0. The predicted octanol–water partition coefficient (Wildman–Crippen LogP) is 4.06. The van der Waals surface area contributed by atoms with E-state index in [1.807, 2.05) is 0 Å². The Labute approximate surface area is 114 Å². The second-order valence-electron chi connectivity index (χ2n) is 5.97. The Morgan fingerprint density at radius 3 is 2.53 bits per heavy atom. The zero-order valence-corrected chi connectivity index (χ0v) is 11.1. The van der Waals surface area contributed by atoms with E-state index in [0.29, 0.717) is 5.92 Å². The van der Waals surface area contributed by atoms with Crippen molar-refractivity contribution in [3.63, 3.8) is 0 Å². The van der Waals surface area contributed by atoms with Crippen molar-refractivity contribution in [1.29, 1.82) is 0 Å². The minimum Gasteiger partial charge on any atom is -0.324 e. The summed E-state index contributed by atoms with van der Waals surface area (Å²) in [5, 5.41) is 0. The van der Waals surface area contributed by atoms with Gasteiger partial charge in [0.05, 0.1) is 0 Å². The first-order valence-corrected chi connectivity index (χ1v) is 7.29. The van der Waals surface area contributed by atoms with Gasteiger partial charge in [-0.15, -0.1) is 0 Å². The molecule has 2 aromatic carbocycles. The highest BCUT2D eigenvalue weighted by molar-refractivity contribution is 5.77. The quantitative estimate of drug-likeness (QED) is 0.728. The summed E-state index contributed by atoms with van der Waals surface area (Å²) in [6.07, 6.45) is 5.03. The van der Waals surface area contributed by atoms with E-state index in [-0.39, 0.29) is 6.04 Å². The zero-order valence-electron chi connectivity index (χ0n) is 11.1. The van der Waals surface area contributed by atoms with Gasteiger partial charge in [0.2, 0.25) is 0 Å². The van der Waals surface area contributed by atoms with E-state index in [1.165, 1.54) is 47.1 Å². The maximum Gasteiger partial charge on any atom is 0.0323 e. The van der Waals surface area contributed by atoms with Gasteiger partial charge in [0.15, 0.2) is 0 Å². The van der Waals surface area contributed by atoms with Gasteiger partial charge in [-0.05, 0) is 53.0 Å². The normalized spacial score (nSPS) is 18.6. The van der Waals surface area contributed by atoms with Crippen LogP contribution in [0.5, 0.6) is 0 Å². The summed E-state index contributed by atoms with van der Waals surface area (Å²) in [5.74, 6) is 0.710. The Morgan fingerprint density at radius 2 is 1.74 bits per heavy atom. The van der Waals surface area contributed by atoms with Gasteiger partial charge in [0.25, 0.3) is 0 Å². The molecule has 0 amide bonds. The highest BCUT2D eigenvalue weighted by Crippen LogP contribution is 2.40. The molecule has 4 rings (SSSR count). The minimum absolute atomic E-state index is 0.239. The first-order chi connectivity index (χ1) is 9.33. The molecule has 2 aromatic rings. The molecule has 1 nitrogen and oxygen atoms in total. The number of nitrogens with two attached hydrogens (primary N) is 1. The fourth-order valence-electron chi connectivity index (χ4n) is 3.44. The fraction of sp³-hybridized carbons (Fsp3) is 0.333. The Kier molecular flexibility index (Phi) is 2.49. The average Bonchev–Trinajstić information content (AvgIpc) is 2.74. The smallest absolute Gasteiger partial charge is 0.0323 e. The highest BCUT2D eigenvalue weighted by Gasteiger charge is 2.26. The SMILES string of the molecule is N[C@H](c1ccc2c(c1)Cc1ccccc1-2)C1CCC1. The molecule has 0 bridgehead atoms. The van der Waals surface area contributed by atoms with E-state index in [1.54, 1.807) is 0 Å². The molecular weight excluding hydrogens is 230 g/mol. The lowest BCUT2D eigenvalue weighted by Crippen LogP contribution is -2.26. The number of hydrogen-bond acceptors (Lipinski definition) is 1. The van der Waals surface area contributed by atoms with Gasteiger partial charge in [0, 0.05) is 6.04 Å². The second kappa shape index (κ2) is 4.21. The van der Waals surface area contributed by atoms with Gasteiger partial charge in [-0.1, -0.05) is 48.9 Å². The maximum atomic E-state index is 6.40. The van der Waals surface area contributed by atoms with Crippen LogP contribution in [0.1, 0.15) is 42.0 Å². The minimum atomic E-state index is 0.239. The van der Waals surface area contributed by atoms with Crippen molar-refractivity contribution in [2.24, 2.45) is 11.7 Å². The van der Waals surface area contributed by atoms with E-state index in [9.17, 15) is 0 Å². The van der Waals surface area contributed by atoms with Crippen LogP contribution in [0, 0.1) is 5.92 Å². The molecule has 0 aliphatic heterocycles. The average molecular weight is 249 g/mol. The topological polar surface area (TPSA) is 26.0 Å². The van der Waals surface area contributed by atoms with Crippen molar-refractivity contribution in [3.05, 3.63) is 59.2 Å². The first kappa shape index (κ1) is 11.2. The van der Waals surface area contributed by atoms with E-state index in [4.69, 9.17) is 5.73 Å². The predicted molar refractivity (Wildman–Crippen MR) is 79.0 cm³/mol. The standard InChI is InChI=1S/C18H19N/c19-18(12-5-3-6-12)14-8-9-17-15(11-14)10-13-4-1-2-7-16(13)17/h1-2,4,7-9,11-12,18H,3,5-6,10,19H2/t18-/m0/s1. The molecule has 2 aliphatic carbocycles. The Bertz CT molecular complexity index is 625. The third-order valence-corrected chi connectivity index (χ3v) is 4.86. The molecule has 0 unspecified atom stereocenters. The van der Waals surface area contributed by atoms with Crippen LogP contribution in [0.3, 0.4) is 0 Å². The molecular formula is C18H19N. The molecule has 96 valence electrons. The van der Waals surface area contributed by atoms with Crippen LogP contribution in [0.25, 0.3) is 11.1 Å². The van der Waals surface area contributed by atoms with Gasteiger partial charge in [0.1, 0.15) is 0 Å². The Morgan fingerprint density at radius 1 is 0.947 bits per heavy atom. The van der Waals surface area contributed by atoms with E-state index >= 15 is 0 Å². The molecule has 0 spiro atoms. The van der Waals surface area contributed by atoms with Crippen LogP contribution >= 0.6 is 0 Å². The number of fused-ring (bicyclic) bond motifs is 3. The second-order valence-corrected chi connectivity index (χ2v) is 5.97. The van der Waals surface area contributed by atoms with Crippen molar-refractivity contribution in [1.82, 2.24) is 0 Å². The van der Waals surface area contributed by atoms with Crippen LogP contribution in [-0.2, 0) is 6.42 Å². The summed E-state index contributed by atoms with van der Waals surface area (Å²) in [6.45, 7) is 0. The number of rotatable bonds is 2. The molecule has 1 atom stereocenters. The molecule has 2 N–H and O–H groups in total. The monoisotopic (exact) mass is 249 g/mol. The largest absolute Gasteiger partial charge is 0.324 e. The van der Waals surface area contributed by atoms with Crippen molar-refractivity contribution in [3.8, 4) is 11.1 Å². The van der Waals surface area contributed by atoms with Gasteiger partial charge in [-0.25, -0.2) is 0 Å². The highest BCUT2D eigenvalue weighted by atomic mass is 14.7. The van der Waals surface area contributed by atoms with Crippen molar-refractivity contribution in [2.45, 2.75) is 31.7 Å². The molecule has 2 aliphatic rings. The maximum absolute atomic E-state index is 6.40. The lowest BCUT2D eigenvalue weighted by atomic mass is 9.77. The van der Waals surface area contributed by atoms with Crippen molar-refractivity contribution < 1.29 is 0 Å². The zero-order chi connectivity index (χ0) is 12.8. The van der Waals surface area contributed by atoms with Crippen molar-refractivity contribution in [2.75, 3.05) is 0 Å². The molecule has 1 fully saturated rings. The van der Waals surface area contributed by atoms with Crippen LogP contribution < -0.4 is 5.73 Å². The number of benzene rings is 2. The summed E-state index contributed by atoms with van der Waals surface area (Å²) in [5.41, 5.74) is 13.4. The van der Waals surface area contributed by atoms with Crippen LogP contribution in [-0.4, -0.2) is 0 Å². The van der Waals surface area contributed by atoms with Gasteiger partial charge >= 0.3 is 0 Å². The van der Waals surface area contributed by atoms with Crippen LogP contribution in [0.2, 0.25) is 0 Å². The van der Waals surface area contributed by atoms with Gasteiger partial charge < -0.3 is 5.73 Å². The van der Waals surface area contributed by atoms with Gasteiger partial charge in [-0.3, -0.25) is 0 Å². The lowest BCUT2D eigenvalue weighted by molar-refractivity contribution is 0.264. The third-order valence-electron chi connectivity index (χ3n) is 4.86. The fourth-order valence-corrected chi connectivity index (χ4v) is 3.44. The first-order valence-electron chi connectivity index (χ1n) is 7.29. The van der Waals surface area contributed by atoms with Gasteiger partial charge in [-0.2, -0.15) is 0 Å². The van der Waals surface area contributed by atoms with E-state index < -0.39 is 0 Å². The van der Waals surface area contributed by atoms with Crippen LogP contribution in [0.4, 0.5) is 0 Å². The molecule has 0 heterocycles. The molecule has 0 saturated heterocycles. The molecule has 19 heavy (non-hydrogen) atoms. The number of hydrogen-bond donors (Lipinski definition) is 1. The summed E-state index contributed by atoms with van der Waals surface area (Å²) in [6, 6.07) is 15.8. The summed E-state index contributed by atoms with van der Waals surface area (Å²) >= 11 is 0. The molecule has 1 saturated carbocycles.